The molecule has 9 heteroatoms. The zero-order valence-corrected chi connectivity index (χ0v) is 18.3. The number of hydrogen-bond acceptors (Lipinski definition) is 7. The number of amides is 2. The zero-order valence-electron chi connectivity index (χ0n) is 17.5. The fraction of sp³-hybridized carbons (Fsp3) is 0.429. The number of fused-ring (bicyclic) bond motifs is 1. The molecular formula is C21H27N3O5S. The Morgan fingerprint density at radius 2 is 2.13 bits per heavy atom. The first-order valence-electron chi connectivity index (χ1n) is 9.66. The predicted molar refractivity (Wildman–Crippen MR) is 115 cm³/mol. The van der Waals surface area contributed by atoms with Crippen molar-refractivity contribution in [2.75, 3.05) is 52.8 Å². The quantitative estimate of drug-likeness (QED) is 0.534. The van der Waals surface area contributed by atoms with Gasteiger partial charge in [0.2, 0.25) is 0 Å². The van der Waals surface area contributed by atoms with Gasteiger partial charge in [0.25, 0.3) is 0 Å². The van der Waals surface area contributed by atoms with Crippen LogP contribution >= 0.6 is 11.3 Å². The Hall–Kier alpha value is -2.62. The van der Waals surface area contributed by atoms with Gasteiger partial charge in [-0.1, -0.05) is 6.07 Å². The molecule has 1 aliphatic heterocycles. The van der Waals surface area contributed by atoms with E-state index in [1.807, 2.05) is 32.3 Å². The highest BCUT2D eigenvalue weighted by molar-refractivity contribution is 7.12. The van der Waals surface area contributed by atoms with E-state index in [2.05, 4.69) is 10.2 Å². The molecule has 2 heterocycles. The van der Waals surface area contributed by atoms with Crippen LogP contribution in [0.2, 0.25) is 0 Å². The number of carbonyl (C=O) groups excluding carboxylic acids is 2. The van der Waals surface area contributed by atoms with Gasteiger partial charge >= 0.3 is 12.0 Å². The second-order valence-corrected chi connectivity index (χ2v) is 8.07. The lowest BCUT2D eigenvalue weighted by Gasteiger charge is -2.20. The standard InChI is InChI=1S/C21H27N3O5S/c1-23(2)7-9-28-14-15-4-5-18-16(12-15)13-24(8-10-29-18)21(26)22-17-6-11-30-19(17)20(25)27-3/h4-6,11-12H,7-10,13-14H2,1-3H3,(H,22,26). The fourth-order valence-corrected chi connectivity index (χ4v) is 3.77. The van der Waals surface area contributed by atoms with Crippen molar-refractivity contribution in [3.63, 3.8) is 0 Å². The molecule has 0 saturated heterocycles. The van der Waals surface area contributed by atoms with Gasteiger partial charge in [0.05, 0.1) is 39.1 Å². The Labute approximate surface area is 180 Å². The van der Waals surface area contributed by atoms with E-state index in [0.717, 1.165) is 23.4 Å². The molecule has 0 atom stereocenters. The summed E-state index contributed by atoms with van der Waals surface area (Å²) in [6.45, 7) is 3.25. The maximum atomic E-state index is 12.8. The third kappa shape index (κ3) is 5.71. The van der Waals surface area contributed by atoms with Gasteiger partial charge in [0, 0.05) is 12.1 Å². The molecule has 0 unspecified atom stereocenters. The van der Waals surface area contributed by atoms with Crippen LogP contribution in [0.4, 0.5) is 10.5 Å². The van der Waals surface area contributed by atoms with E-state index in [-0.39, 0.29) is 6.03 Å². The normalized spacial score (nSPS) is 13.4. The summed E-state index contributed by atoms with van der Waals surface area (Å²) in [6, 6.07) is 7.33. The van der Waals surface area contributed by atoms with Crippen LogP contribution in [0, 0.1) is 0 Å². The van der Waals surface area contributed by atoms with Gasteiger partial charge in [0.1, 0.15) is 17.2 Å². The predicted octanol–water partition coefficient (Wildman–Crippen LogP) is 3.04. The van der Waals surface area contributed by atoms with Crippen LogP contribution in [0.3, 0.4) is 0 Å². The van der Waals surface area contributed by atoms with Crippen molar-refractivity contribution < 1.29 is 23.8 Å². The number of esters is 1. The van der Waals surface area contributed by atoms with Crippen LogP contribution in [-0.4, -0.2) is 69.3 Å². The second-order valence-electron chi connectivity index (χ2n) is 7.15. The number of ether oxygens (including phenoxy) is 3. The summed E-state index contributed by atoms with van der Waals surface area (Å²) in [6.07, 6.45) is 0. The Morgan fingerprint density at radius 3 is 2.90 bits per heavy atom. The van der Waals surface area contributed by atoms with Gasteiger partial charge < -0.3 is 29.3 Å². The highest BCUT2D eigenvalue weighted by Gasteiger charge is 2.22. The van der Waals surface area contributed by atoms with Crippen LogP contribution in [0.25, 0.3) is 0 Å². The molecule has 0 saturated carbocycles. The van der Waals surface area contributed by atoms with E-state index in [4.69, 9.17) is 14.2 Å². The Kier molecular flexibility index (Phi) is 7.67. The average molecular weight is 434 g/mol. The smallest absolute Gasteiger partial charge is 0.350 e. The average Bonchev–Trinajstić information content (AvgIpc) is 3.07. The van der Waals surface area contributed by atoms with Gasteiger partial charge in [-0.05, 0) is 43.2 Å². The van der Waals surface area contributed by atoms with E-state index in [0.29, 0.717) is 43.5 Å². The molecule has 162 valence electrons. The molecule has 0 aliphatic carbocycles. The monoisotopic (exact) mass is 433 g/mol. The number of hydrogen-bond donors (Lipinski definition) is 1. The van der Waals surface area contributed by atoms with Crippen molar-refractivity contribution in [2.45, 2.75) is 13.2 Å². The lowest BCUT2D eigenvalue weighted by atomic mass is 10.1. The zero-order chi connectivity index (χ0) is 21.5. The van der Waals surface area contributed by atoms with Gasteiger partial charge in [-0.2, -0.15) is 0 Å². The number of nitrogens with one attached hydrogen (secondary N) is 1. The first kappa shape index (κ1) is 22.1. The summed E-state index contributed by atoms with van der Waals surface area (Å²) in [5.41, 5.74) is 2.41. The molecule has 2 amide bonds. The maximum Gasteiger partial charge on any atom is 0.350 e. The Morgan fingerprint density at radius 1 is 1.30 bits per heavy atom. The molecule has 1 aliphatic rings. The number of rotatable bonds is 7. The van der Waals surface area contributed by atoms with Gasteiger partial charge in [-0.25, -0.2) is 9.59 Å². The van der Waals surface area contributed by atoms with Crippen LogP contribution in [0.15, 0.2) is 29.6 Å². The number of likely N-dealkylation sites (N-methyl/N-ethyl adjacent to an activating group) is 1. The van der Waals surface area contributed by atoms with E-state index < -0.39 is 5.97 Å². The highest BCUT2D eigenvalue weighted by Crippen LogP contribution is 2.27. The van der Waals surface area contributed by atoms with Gasteiger partial charge in [-0.3, -0.25) is 0 Å². The highest BCUT2D eigenvalue weighted by atomic mass is 32.1. The Bertz CT molecular complexity index is 883. The summed E-state index contributed by atoms with van der Waals surface area (Å²) in [7, 11) is 5.33. The number of benzene rings is 1. The molecular weight excluding hydrogens is 406 g/mol. The lowest BCUT2D eigenvalue weighted by molar-refractivity contribution is 0.0607. The number of urea groups is 1. The molecule has 30 heavy (non-hydrogen) atoms. The van der Waals surface area contributed by atoms with Crippen molar-refractivity contribution in [1.29, 1.82) is 0 Å². The minimum absolute atomic E-state index is 0.289. The molecule has 2 aromatic rings. The minimum atomic E-state index is -0.469. The van der Waals surface area contributed by atoms with Gasteiger partial charge in [0.15, 0.2) is 0 Å². The summed E-state index contributed by atoms with van der Waals surface area (Å²) >= 11 is 1.23. The summed E-state index contributed by atoms with van der Waals surface area (Å²) < 4.78 is 16.3. The fourth-order valence-electron chi connectivity index (χ4n) is 3.00. The van der Waals surface area contributed by atoms with Crippen LogP contribution in [-0.2, 0) is 22.6 Å². The number of carbonyl (C=O) groups is 2. The van der Waals surface area contributed by atoms with E-state index in [1.54, 1.807) is 16.3 Å². The molecule has 0 bridgehead atoms. The maximum absolute atomic E-state index is 12.8. The first-order valence-corrected chi connectivity index (χ1v) is 10.5. The van der Waals surface area contributed by atoms with E-state index in [9.17, 15) is 9.59 Å². The summed E-state index contributed by atoms with van der Waals surface area (Å²) in [4.78, 5) is 28.8. The Balaban J connectivity index is 1.65. The van der Waals surface area contributed by atoms with Crippen molar-refractivity contribution in [3.05, 3.63) is 45.6 Å². The largest absolute Gasteiger partial charge is 0.491 e. The number of methoxy groups -OCH3 is 1. The number of nitrogens with zero attached hydrogens (tertiary/aromatic N) is 2. The van der Waals surface area contributed by atoms with Crippen molar-refractivity contribution >= 4 is 29.0 Å². The third-order valence-electron chi connectivity index (χ3n) is 4.62. The summed E-state index contributed by atoms with van der Waals surface area (Å²) in [5.74, 6) is 0.303. The number of anilines is 1. The second kappa shape index (κ2) is 10.4. The molecule has 8 nitrogen and oxygen atoms in total. The third-order valence-corrected chi connectivity index (χ3v) is 5.52. The van der Waals surface area contributed by atoms with Crippen LogP contribution in [0.5, 0.6) is 5.75 Å². The lowest BCUT2D eigenvalue weighted by Crippen LogP contribution is -2.36. The van der Waals surface area contributed by atoms with Crippen molar-refractivity contribution in [2.24, 2.45) is 0 Å². The molecule has 3 rings (SSSR count). The van der Waals surface area contributed by atoms with Crippen LogP contribution in [0.1, 0.15) is 20.8 Å². The molecule has 0 spiro atoms. The molecule has 0 radical (unpaired) electrons. The number of thiophene rings is 1. The van der Waals surface area contributed by atoms with Crippen LogP contribution < -0.4 is 10.1 Å². The molecule has 1 N–H and O–H groups in total. The van der Waals surface area contributed by atoms with Crippen molar-refractivity contribution in [3.8, 4) is 5.75 Å². The van der Waals surface area contributed by atoms with E-state index in [1.165, 1.54) is 18.4 Å². The topological polar surface area (TPSA) is 80.3 Å². The van der Waals surface area contributed by atoms with E-state index >= 15 is 0 Å². The molecule has 1 aromatic heterocycles. The SMILES string of the molecule is COC(=O)c1sccc1NC(=O)N1CCOc2ccc(COCCN(C)C)cc2C1. The molecule has 1 aromatic carbocycles. The van der Waals surface area contributed by atoms with Crippen molar-refractivity contribution in [1.82, 2.24) is 9.80 Å². The van der Waals surface area contributed by atoms with Gasteiger partial charge in [-0.15, -0.1) is 11.3 Å². The first-order chi connectivity index (χ1) is 14.5. The minimum Gasteiger partial charge on any atom is -0.491 e. The summed E-state index contributed by atoms with van der Waals surface area (Å²) in [5, 5.41) is 4.55. The molecule has 0 fully saturated rings.